The van der Waals surface area contributed by atoms with Gasteiger partial charge in [0, 0.05) is 30.5 Å². The van der Waals surface area contributed by atoms with Crippen LogP contribution in [0.25, 0.3) is 0 Å². The van der Waals surface area contributed by atoms with Gasteiger partial charge in [0.1, 0.15) is 6.04 Å². The molecule has 0 saturated heterocycles. The maximum atomic E-state index is 13.8. The lowest BCUT2D eigenvalue weighted by atomic mass is 9.94. The van der Waals surface area contributed by atoms with Gasteiger partial charge in [-0.2, -0.15) is 0 Å². The van der Waals surface area contributed by atoms with Crippen LogP contribution in [0, 0.1) is 6.92 Å². The highest BCUT2D eigenvalue weighted by molar-refractivity contribution is 6.30. The van der Waals surface area contributed by atoms with Crippen molar-refractivity contribution in [3.05, 3.63) is 106 Å². The molecule has 3 aromatic rings. The first kappa shape index (κ1) is 26.9. The van der Waals surface area contributed by atoms with Crippen LogP contribution in [0.15, 0.2) is 78.9 Å². The second-order valence-electron chi connectivity index (χ2n) is 10.2. The molecule has 3 aromatic carbocycles. The Bertz CT molecular complexity index is 1160. The number of hydrogen-bond acceptors (Lipinski definition) is 2. The zero-order valence-corrected chi connectivity index (χ0v) is 22.4. The molecule has 0 aliphatic heterocycles. The highest BCUT2D eigenvalue weighted by atomic mass is 35.5. The number of rotatable bonds is 10. The van der Waals surface area contributed by atoms with Gasteiger partial charge in [-0.05, 0) is 55.0 Å². The van der Waals surface area contributed by atoms with E-state index in [-0.39, 0.29) is 17.9 Å². The van der Waals surface area contributed by atoms with Crippen LogP contribution in [0.5, 0.6) is 0 Å². The Morgan fingerprint density at radius 2 is 1.59 bits per heavy atom. The Hall–Kier alpha value is -3.11. The Balaban J connectivity index is 1.60. The number of aryl methyl sites for hydroxylation is 2. The molecule has 1 fully saturated rings. The fraction of sp³-hybridized carbons (Fsp3) is 0.375. The van der Waals surface area contributed by atoms with Crippen LogP contribution >= 0.6 is 11.6 Å². The summed E-state index contributed by atoms with van der Waals surface area (Å²) in [6.45, 7) is 2.39. The molecule has 0 radical (unpaired) electrons. The third-order valence-corrected chi connectivity index (χ3v) is 7.45. The van der Waals surface area contributed by atoms with E-state index >= 15 is 0 Å². The number of halogens is 1. The fourth-order valence-corrected chi connectivity index (χ4v) is 5.29. The highest BCUT2D eigenvalue weighted by Crippen LogP contribution is 2.21. The molecule has 0 spiro atoms. The normalized spacial score (nSPS) is 14.6. The molecule has 194 valence electrons. The predicted molar refractivity (Wildman–Crippen MR) is 150 cm³/mol. The molecule has 4 rings (SSSR count). The summed E-state index contributed by atoms with van der Waals surface area (Å²) < 4.78 is 0. The van der Waals surface area contributed by atoms with Crippen molar-refractivity contribution in [3.63, 3.8) is 0 Å². The van der Waals surface area contributed by atoms with Crippen molar-refractivity contribution >= 4 is 23.4 Å². The minimum absolute atomic E-state index is 0.0275. The van der Waals surface area contributed by atoms with Crippen molar-refractivity contribution in [2.45, 2.75) is 76.9 Å². The zero-order chi connectivity index (χ0) is 26.0. The molecule has 1 aliphatic rings. The number of carbonyl (C=O) groups excluding carboxylic acids is 2. The van der Waals surface area contributed by atoms with Crippen LogP contribution in [0.3, 0.4) is 0 Å². The van der Waals surface area contributed by atoms with E-state index in [0.29, 0.717) is 30.8 Å². The zero-order valence-electron chi connectivity index (χ0n) is 21.7. The van der Waals surface area contributed by atoms with Crippen molar-refractivity contribution < 1.29 is 9.59 Å². The largest absolute Gasteiger partial charge is 0.352 e. The van der Waals surface area contributed by atoms with Crippen molar-refractivity contribution in [1.29, 1.82) is 0 Å². The number of carbonyl (C=O) groups is 2. The van der Waals surface area contributed by atoms with Gasteiger partial charge < -0.3 is 10.2 Å². The molecule has 0 heterocycles. The Morgan fingerprint density at radius 3 is 2.30 bits per heavy atom. The Morgan fingerprint density at radius 1 is 0.892 bits per heavy atom. The van der Waals surface area contributed by atoms with E-state index in [4.69, 9.17) is 11.6 Å². The van der Waals surface area contributed by atoms with Gasteiger partial charge in [0.25, 0.3) is 0 Å². The van der Waals surface area contributed by atoms with E-state index in [0.717, 1.165) is 42.4 Å². The molecule has 4 nitrogen and oxygen atoms in total. The molecule has 5 heteroatoms. The van der Waals surface area contributed by atoms with Gasteiger partial charge in [-0.15, -0.1) is 0 Å². The van der Waals surface area contributed by atoms with Crippen molar-refractivity contribution in [2.24, 2.45) is 0 Å². The number of hydrogen-bond donors (Lipinski definition) is 1. The molecule has 1 N–H and O–H groups in total. The summed E-state index contributed by atoms with van der Waals surface area (Å²) in [5.41, 5.74) is 4.27. The first-order valence-electron chi connectivity index (χ1n) is 13.4. The summed E-state index contributed by atoms with van der Waals surface area (Å²) in [5.74, 6) is -0.0956. The lowest BCUT2D eigenvalue weighted by Crippen LogP contribution is -2.52. The Labute approximate surface area is 226 Å². The molecule has 1 saturated carbocycles. The van der Waals surface area contributed by atoms with Crippen LogP contribution in [0.1, 0.15) is 60.8 Å². The van der Waals surface area contributed by atoms with E-state index in [1.165, 1.54) is 12.0 Å². The van der Waals surface area contributed by atoms with Gasteiger partial charge in [-0.1, -0.05) is 103 Å². The predicted octanol–water partition coefficient (Wildman–Crippen LogP) is 6.67. The molecule has 0 aromatic heterocycles. The van der Waals surface area contributed by atoms with Gasteiger partial charge in [0.15, 0.2) is 0 Å². The van der Waals surface area contributed by atoms with E-state index in [1.54, 1.807) is 4.90 Å². The smallest absolute Gasteiger partial charge is 0.243 e. The molecule has 0 unspecified atom stereocenters. The third kappa shape index (κ3) is 8.19. The third-order valence-electron chi connectivity index (χ3n) is 7.21. The van der Waals surface area contributed by atoms with E-state index in [2.05, 4.69) is 36.5 Å². The van der Waals surface area contributed by atoms with Gasteiger partial charge in [-0.25, -0.2) is 0 Å². The van der Waals surface area contributed by atoms with Crippen LogP contribution in [-0.2, 0) is 29.0 Å². The van der Waals surface area contributed by atoms with E-state index in [1.807, 2.05) is 54.6 Å². The lowest BCUT2D eigenvalue weighted by Gasteiger charge is -2.33. The quantitative estimate of drug-likeness (QED) is 0.327. The highest BCUT2D eigenvalue weighted by Gasteiger charge is 2.31. The fourth-order valence-electron chi connectivity index (χ4n) is 5.08. The van der Waals surface area contributed by atoms with Crippen LogP contribution in [-0.4, -0.2) is 28.8 Å². The summed E-state index contributed by atoms with van der Waals surface area (Å²) in [6, 6.07) is 25.4. The minimum Gasteiger partial charge on any atom is -0.352 e. The van der Waals surface area contributed by atoms with Crippen molar-refractivity contribution in [3.8, 4) is 0 Å². The average molecular weight is 517 g/mol. The maximum absolute atomic E-state index is 13.8. The molecular formula is C32H37ClN2O2. The molecular weight excluding hydrogens is 480 g/mol. The lowest BCUT2D eigenvalue weighted by molar-refractivity contribution is -0.141. The number of nitrogens with zero attached hydrogens (tertiary/aromatic N) is 1. The standard InChI is InChI=1S/C32H37ClN2O2/c1-24-15-17-25(18-16-24)19-20-31(36)35(23-27-11-8-12-28(33)21-27)30(22-26-9-4-2-5-10-26)32(37)34-29-13-6-3-7-14-29/h2,4-5,8-12,15-18,21,29-30H,3,6-7,13-14,19-20,22-23H2,1H3,(H,34,37)/t30-/m0/s1. The second kappa shape index (κ2) is 13.4. The molecule has 0 bridgehead atoms. The number of nitrogens with one attached hydrogen (secondary N) is 1. The van der Waals surface area contributed by atoms with Crippen LogP contribution < -0.4 is 5.32 Å². The molecule has 1 atom stereocenters. The Kier molecular flexibility index (Phi) is 9.78. The van der Waals surface area contributed by atoms with Crippen LogP contribution in [0.4, 0.5) is 0 Å². The SMILES string of the molecule is Cc1ccc(CCC(=O)N(Cc2cccc(Cl)c2)[C@@H](Cc2ccccc2)C(=O)NC2CCCCC2)cc1. The van der Waals surface area contributed by atoms with Crippen molar-refractivity contribution in [1.82, 2.24) is 10.2 Å². The summed E-state index contributed by atoms with van der Waals surface area (Å²) >= 11 is 6.28. The average Bonchev–Trinajstić information content (AvgIpc) is 2.91. The van der Waals surface area contributed by atoms with Gasteiger partial charge >= 0.3 is 0 Å². The minimum atomic E-state index is -0.603. The topological polar surface area (TPSA) is 49.4 Å². The van der Waals surface area contributed by atoms with Gasteiger partial charge in [0.2, 0.25) is 11.8 Å². The first-order chi connectivity index (χ1) is 18.0. The van der Waals surface area contributed by atoms with Gasteiger partial charge in [0.05, 0.1) is 0 Å². The van der Waals surface area contributed by atoms with Gasteiger partial charge in [-0.3, -0.25) is 9.59 Å². The number of amides is 2. The molecule has 37 heavy (non-hydrogen) atoms. The monoisotopic (exact) mass is 516 g/mol. The number of benzene rings is 3. The van der Waals surface area contributed by atoms with Crippen LogP contribution in [0.2, 0.25) is 5.02 Å². The molecule has 1 aliphatic carbocycles. The maximum Gasteiger partial charge on any atom is 0.243 e. The summed E-state index contributed by atoms with van der Waals surface area (Å²) in [4.78, 5) is 29.4. The first-order valence-corrected chi connectivity index (χ1v) is 13.8. The van der Waals surface area contributed by atoms with E-state index < -0.39 is 6.04 Å². The summed E-state index contributed by atoms with van der Waals surface area (Å²) in [7, 11) is 0. The second-order valence-corrected chi connectivity index (χ2v) is 10.6. The molecule has 2 amide bonds. The summed E-state index contributed by atoms with van der Waals surface area (Å²) in [5, 5.41) is 3.91. The van der Waals surface area contributed by atoms with E-state index in [9.17, 15) is 9.59 Å². The van der Waals surface area contributed by atoms with Crippen molar-refractivity contribution in [2.75, 3.05) is 0 Å². The summed E-state index contributed by atoms with van der Waals surface area (Å²) in [6.07, 6.45) is 6.93.